The van der Waals surface area contributed by atoms with Crippen LogP contribution < -0.4 is 0 Å². The number of benzene rings is 1. The number of nitrogens with zero attached hydrogens (tertiary/aromatic N) is 2. The maximum atomic E-state index is 12.8. The number of carbonyl (C=O) groups is 1. The minimum Gasteiger partial charge on any atom is -0.469 e. The number of furan rings is 1. The van der Waals surface area contributed by atoms with Crippen LogP contribution in [-0.4, -0.2) is 28.9 Å². The van der Waals surface area contributed by atoms with Gasteiger partial charge >= 0.3 is 0 Å². The predicted octanol–water partition coefficient (Wildman–Crippen LogP) is 4.34. The van der Waals surface area contributed by atoms with Crippen molar-refractivity contribution in [2.75, 3.05) is 13.1 Å². The van der Waals surface area contributed by atoms with E-state index in [2.05, 4.69) is 4.98 Å². The van der Waals surface area contributed by atoms with Crippen LogP contribution in [0.5, 0.6) is 0 Å². The maximum absolute atomic E-state index is 12.8. The highest BCUT2D eigenvalue weighted by atomic mass is 32.1. The van der Waals surface area contributed by atoms with Gasteiger partial charge in [-0.2, -0.15) is 0 Å². The number of aromatic nitrogens is 1. The third kappa shape index (κ3) is 2.87. The maximum Gasteiger partial charge on any atom is 0.253 e. The number of thiazole rings is 1. The highest BCUT2D eigenvalue weighted by Crippen LogP contribution is 2.29. The first-order valence-corrected chi connectivity index (χ1v) is 8.94. The highest BCUT2D eigenvalue weighted by molar-refractivity contribution is 7.13. The quantitative estimate of drug-likeness (QED) is 0.713. The molecule has 0 N–H and O–H groups in total. The first-order valence-electron chi connectivity index (χ1n) is 8.06. The number of hydrogen-bond acceptors (Lipinski definition) is 4. The summed E-state index contributed by atoms with van der Waals surface area (Å²) in [6.07, 6.45) is 2.64. The molecule has 1 aliphatic rings. The molecule has 5 heteroatoms. The van der Waals surface area contributed by atoms with Gasteiger partial charge in [0.15, 0.2) is 0 Å². The van der Waals surface area contributed by atoms with Crippen molar-refractivity contribution in [3.8, 4) is 10.6 Å². The number of rotatable bonds is 3. The van der Waals surface area contributed by atoms with E-state index in [1.54, 1.807) is 17.6 Å². The van der Waals surface area contributed by atoms with Crippen LogP contribution in [0.2, 0.25) is 0 Å². The van der Waals surface area contributed by atoms with E-state index < -0.39 is 0 Å². The van der Waals surface area contributed by atoms with Crippen molar-refractivity contribution in [1.82, 2.24) is 9.88 Å². The molecule has 1 aromatic carbocycles. The lowest BCUT2D eigenvalue weighted by atomic mass is 10.1. The average Bonchev–Trinajstić information content (AvgIpc) is 3.34. The molecule has 3 aromatic rings. The zero-order valence-corrected chi connectivity index (χ0v) is 14.3. The predicted molar refractivity (Wildman–Crippen MR) is 94.3 cm³/mol. The lowest BCUT2D eigenvalue weighted by Gasteiger charge is -2.16. The minimum absolute atomic E-state index is 0.0826. The van der Waals surface area contributed by atoms with Crippen molar-refractivity contribution >= 4 is 17.2 Å². The highest BCUT2D eigenvalue weighted by Gasteiger charge is 2.29. The summed E-state index contributed by atoms with van der Waals surface area (Å²) in [6, 6.07) is 11.7. The molecule has 0 spiro atoms. The van der Waals surface area contributed by atoms with E-state index in [4.69, 9.17) is 4.42 Å². The number of likely N-dealkylation sites (tertiary alicyclic amines) is 1. The fourth-order valence-electron chi connectivity index (χ4n) is 3.15. The lowest BCUT2D eigenvalue weighted by molar-refractivity contribution is 0.0790. The smallest absolute Gasteiger partial charge is 0.253 e. The third-order valence-corrected chi connectivity index (χ3v) is 5.41. The van der Waals surface area contributed by atoms with Crippen molar-refractivity contribution in [2.45, 2.75) is 19.3 Å². The average molecular weight is 338 g/mol. The molecular formula is C19H18N2O2S. The summed E-state index contributed by atoms with van der Waals surface area (Å²) in [7, 11) is 0. The largest absolute Gasteiger partial charge is 0.469 e. The van der Waals surface area contributed by atoms with Crippen molar-refractivity contribution in [3.63, 3.8) is 0 Å². The molecule has 1 atom stereocenters. The molecule has 4 nitrogen and oxygen atoms in total. The molecule has 0 bridgehead atoms. The molecule has 24 heavy (non-hydrogen) atoms. The number of amides is 1. The van der Waals surface area contributed by atoms with Gasteiger partial charge in [-0.1, -0.05) is 12.1 Å². The molecule has 1 unspecified atom stereocenters. The van der Waals surface area contributed by atoms with Gasteiger partial charge in [-0.05, 0) is 37.6 Å². The number of aryl methyl sites for hydroxylation is 1. The summed E-state index contributed by atoms with van der Waals surface area (Å²) in [5.74, 6) is 1.35. The van der Waals surface area contributed by atoms with Gasteiger partial charge in [0.05, 0.1) is 6.26 Å². The fourth-order valence-corrected chi connectivity index (χ4v) is 3.95. The molecule has 2 aromatic heterocycles. The Morgan fingerprint density at radius 3 is 3.00 bits per heavy atom. The van der Waals surface area contributed by atoms with Gasteiger partial charge in [-0.15, -0.1) is 11.3 Å². The standard InChI is InChI=1S/C19H18N2O2S/c1-13-12-24-18(20-13)14-4-2-5-15(10-14)19(22)21-8-7-16(11-21)17-6-3-9-23-17/h2-6,9-10,12,16H,7-8,11H2,1H3. The van der Waals surface area contributed by atoms with Crippen LogP contribution in [-0.2, 0) is 0 Å². The van der Waals surface area contributed by atoms with Crippen molar-refractivity contribution in [3.05, 3.63) is 65.1 Å². The van der Waals surface area contributed by atoms with Crippen LogP contribution in [0, 0.1) is 6.92 Å². The summed E-state index contributed by atoms with van der Waals surface area (Å²) in [5.41, 5.74) is 2.73. The number of hydrogen-bond donors (Lipinski definition) is 0. The summed E-state index contributed by atoms with van der Waals surface area (Å²) in [6.45, 7) is 3.46. The zero-order chi connectivity index (χ0) is 16.5. The van der Waals surface area contributed by atoms with Gasteiger partial charge in [0, 0.05) is 41.2 Å². The van der Waals surface area contributed by atoms with Crippen LogP contribution in [0.3, 0.4) is 0 Å². The molecule has 122 valence electrons. The van der Waals surface area contributed by atoms with Crippen LogP contribution in [0.1, 0.15) is 34.2 Å². The summed E-state index contributed by atoms with van der Waals surface area (Å²) in [4.78, 5) is 19.3. The first-order chi connectivity index (χ1) is 11.7. The number of carbonyl (C=O) groups excluding carboxylic acids is 1. The molecule has 0 aliphatic carbocycles. The molecule has 3 heterocycles. The van der Waals surface area contributed by atoms with Crippen LogP contribution in [0.25, 0.3) is 10.6 Å². The van der Waals surface area contributed by atoms with Gasteiger partial charge in [-0.25, -0.2) is 4.98 Å². The van der Waals surface area contributed by atoms with E-state index in [1.807, 2.05) is 53.6 Å². The van der Waals surface area contributed by atoms with E-state index in [0.29, 0.717) is 12.5 Å². The van der Waals surface area contributed by atoms with E-state index in [0.717, 1.165) is 40.6 Å². The Morgan fingerprint density at radius 2 is 2.25 bits per heavy atom. The van der Waals surface area contributed by atoms with E-state index in [9.17, 15) is 4.79 Å². The Bertz CT molecular complexity index is 854. The normalized spacial score (nSPS) is 17.4. The summed E-state index contributed by atoms with van der Waals surface area (Å²) < 4.78 is 5.49. The second-order valence-corrected chi connectivity index (χ2v) is 6.99. The Labute approximate surface area is 144 Å². The second-order valence-electron chi connectivity index (χ2n) is 6.13. The summed E-state index contributed by atoms with van der Waals surface area (Å²) >= 11 is 1.61. The molecule has 4 rings (SSSR count). The molecule has 0 saturated carbocycles. The van der Waals surface area contributed by atoms with E-state index >= 15 is 0 Å². The molecular weight excluding hydrogens is 320 g/mol. The monoisotopic (exact) mass is 338 g/mol. The topological polar surface area (TPSA) is 46.3 Å². The third-order valence-electron chi connectivity index (χ3n) is 4.40. The van der Waals surface area contributed by atoms with Gasteiger partial charge in [-0.3, -0.25) is 4.79 Å². The van der Waals surface area contributed by atoms with E-state index in [1.165, 1.54) is 0 Å². The van der Waals surface area contributed by atoms with Crippen LogP contribution in [0.4, 0.5) is 0 Å². The minimum atomic E-state index is 0.0826. The van der Waals surface area contributed by atoms with Crippen LogP contribution in [0.15, 0.2) is 52.5 Å². The van der Waals surface area contributed by atoms with Crippen molar-refractivity contribution in [2.24, 2.45) is 0 Å². The van der Waals surface area contributed by atoms with Gasteiger partial charge in [0.1, 0.15) is 10.8 Å². The van der Waals surface area contributed by atoms with Crippen molar-refractivity contribution < 1.29 is 9.21 Å². The molecule has 1 aliphatic heterocycles. The fraction of sp³-hybridized carbons (Fsp3) is 0.263. The van der Waals surface area contributed by atoms with Gasteiger partial charge in [0.25, 0.3) is 5.91 Å². The van der Waals surface area contributed by atoms with Crippen LogP contribution >= 0.6 is 11.3 Å². The SMILES string of the molecule is Cc1csc(-c2cccc(C(=O)N3CCC(c4ccco4)C3)c2)n1. The zero-order valence-electron chi connectivity index (χ0n) is 13.4. The summed E-state index contributed by atoms with van der Waals surface area (Å²) in [5, 5.41) is 2.98. The van der Waals surface area contributed by atoms with Gasteiger partial charge in [0.2, 0.25) is 0 Å². The lowest BCUT2D eigenvalue weighted by Crippen LogP contribution is -2.28. The molecule has 0 radical (unpaired) electrons. The second kappa shape index (κ2) is 6.24. The Kier molecular flexibility index (Phi) is 3.94. The molecule has 1 amide bonds. The Morgan fingerprint density at radius 1 is 1.33 bits per heavy atom. The van der Waals surface area contributed by atoms with E-state index in [-0.39, 0.29) is 5.91 Å². The molecule has 1 saturated heterocycles. The van der Waals surface area contributed by atoms with Crippen molar-refractivity contribution in [1.29, 1.82) is 0 Å². The molecule has 1 fully saturated rings. The Balaban J connectivity index is 1.53. The van der Waals surface area contributed by atoms with Gasteiger partial charge < -0.3 is 9.32 Å². The Hall–Kier alpha value is -2.40. The first kappa shape index (κ1) is 15.1.